The molecule has 3 aromatic rings. The molecule has 2 N–H and O–H groups in total. The largest absolute Gasteiger partial charge is 0.372 e. The first kappa shape index (κ1) is 20.7. The Morgan fingerprint density at radius 3 is 2.68 bits per heavy atom. The summed E-state index contributed by atoms with van der Waals surface area (Å²) in [7, 11) is 0. The molecule has 2 atom stereocenters. The van der Waals surface area contributed by atoms with E-state index in [0.717, 1.165) is 5.56 Å². The van der Waals surface area contributed by atoms with Crippen LogP contribution in [0.3, 0.4) is 0 Å². The highest BCUT2D eigenvalue weighted by atomic mass is 19.1. The summed E-state index contributed by atoms with van der Waals surface area (Å²) < 4.78 is 21.9. The molecule has 0 aliphatic carbocycles. The van der Waals surface area contributed by atoms with E-state index in [4.69, 9.17) is 4.74 Å². The van der Waals surface area contributed by atoms with Gasteiger partial charge >= 0.3 is 6.03 Å². The molecule has 3 heterocycles. The first-order chi connectivity index (χ1) is 15.0. The average Bonchev–Trinajstić information content (AvgIpc) is 3.27. The summed E-state index contributed by atoms with van der Waals surface area (Å²) in [5.74, 6) is 0.248. The van der Waals surface area contributed by atoms with Gasteiger partial charge in [0, 0.05) is 31.5 Å². The van der Waals surface area contributed by atoms with Crippen LogP contribution in [0.4, 0.5) is 20.6 Å². The molecule has 31 heavy (non-hydrogen) atoms. The second kappa shape index (κ2) is 9.09. The molecule has 10 heteroatoms. The van der Waals surface area contributed by atoms with Crippen molar-refractivity contribution in [2.75, 3.05) is 23.3 Å². The van der Waals surface area contributed by atoms with Crippen molar-refractivity contribution in [3.05, 3.63) is 60.6 Å². The van der Waals surface area contributed by atoms with Crippen molar-refractivity contribution in [1.82, 2.24) is 25.1 Å². The molecule has 0 bridgehead atoms. The minimum absolute atomic E-state index is 0.0338. The van der Waals surface area contributed by atoms with E-state index >= 15 is 0 Å². The third kappa shape index (κ3) is 5.15. The Balaban J connectivity index is 1.32. The molecule has 0 saturated carbocycles. The smallest absolute Gasteiger partial charge is 0.319 e. The molecule has 1 aromatic carbocycles. The Morgan fingerprint density at radius 1 is 1.23 bits per heavy atom. The van der Waals surface area contributed by atoms with Crippen molar-refractivity contribution in [3.63, 3.8) is 0 Å². The third-order valence-electron chi connectivity index (χ3n) is 4.88. The standard InChI is InChI=1S/C21H24FN7O2/c1-14-10-28(11-15(2)31-14)19-5-4-17(7-18(19)22)27-21(30)25-9-16-3-6-20(24-8-16)29-13-23-12-26-29/h3-8,12-15H,9-11H2,1-2H3,(H2,25,27,30)/t14-,15-/m1/s1. The zero-order chi connectivity index (χ0) is 21.8. The molecule has 1 aliphatic rings. The normalized spacial score (nSPS) is 18.6. The number of halogens is 1. The van der Waals surface area contributed by atoms with E-state index in [9.17, 15) is 9.18 Å². The van der Waals surface area contributed by atoms with Crippen molar-refractivity contribution in [2.24, 2.45) is 0 Å². The van der Waals surface area contributed by atoms with E-state index in [2.05, 4.69) is 25.7 Å². The maximum Gasteiger partial charge on any atom is 0.319 e. The summed E-state index contributed by atoms with van der Waals surface area (Å²) in [5, 5.41) is 9.41. The number of aromatic nitrogens is 4. The number of nitrogens with one attached hydrogen (secondary N) is 2. The number of nitrogens with zero attached hydrogens (tertiary/aromatic N) is 5. The summed E-state index contributed by atoms with van der Waals surface area (Å²) in [4.78, 5) is 22.3. The van der Waals surface area contributed by atoms with Gasteiger partial charge in [-0.05, 0) is 43.7 Å². The fourth-order valence-electron chi connectivity index (χ4n) is 3.56. The fourth-order valence-corrected chi connectivity index (χ4v) is 3.56. The van der Waals surface area contributed by atoms with Crippen molar-refractivity contribution in [1.29, 1.82) is 0 Å². The van der Waals surface area contributed by atoms with Crippen LogP contribution in [0.15, 0.2) is 49.2 Å². The molecular formula is C21H24FN7O2. The minimum atomic E-state index is -0.430. The van der Waals surface area contributed by atoms with Crippen LogP contribution < -0.4 is 15.5 Å². The Hall–Kier alpha value is -3.53. The highest BCUT2D eigenvalue weighted by Gasteiger charge is 2.24. The van der Waals surface area contributed by atoms with Gasteiger partial charge in [0.05, 0.1) is 17.9 Å². The molecule has 4 rings (SSSR count). The van der Waals surface area contributed by atoms with E-state index in [0.29, 0.717) is 30.3 Å². The molecule has 0 spiro atoms. The summed E-state index contributed by atoms with van der Waals surface area (Å²) in [5.41, 5.74) is 1.70. The van der Waals surface area contributed by atoms with Gasteiger partial charge in [0.1, 0.15) is 18.5 Å². The molecule has 0 radical (unpaired) electrons. The van der Waals surface area contributed by atoms with Gasteiger partial charge in [0.15, 0.2) is 5.82 Å². The Kier molecular flexibility index (Phi) is 6.08. The second-order valence-corrected chi connectivity index (χ2v) is 7.50. The number of pyridine rings is 1. The minimum Gasteiger partial charge on any atom is -0.372 e. The lowest BCUT2D eigenvalue weighted by Gasteiger charge is -2.37. The Morgan fingerprint density at radius 2 is 2.03 bits per heavy atom. The van der Waals surface area contributed by atoms with E-state index < -0.39 is 6.03 Å². The number of rotatable bonds is 5. The average molecular weight is 425 g/mol. The second-order valence-electron chi connectivity index (χ2n) is 7.50. The fraction of sp³-hybridized carbons (Fsp3) is 0.333. The first-order valence-corrected chi connectivity index (χ1v) is 10.0. The topological polar surface area (TPSA) is 97.2 Å². The number of urea groups is 1. The third-order valence-corrected chi connectivity index (χ3v) is 4.88. The van der Waals surface area contributed by atoms with E-state index in [-0.39, 0.29) is 24.6 Å². The molecule has 1 aliphatic heterocycles. The van der Waals surface area contributed by atoms with Gasteiger partial charge in [-0.25, -0.2) is 23.8 Å². The lowest BCUT2D eigenvalue weighted by molar-refractivity contribution is -0.00539. The van der Waals surface area contributed by atoms with Crippen LogP contribution in [0.2, 0.25) is 0 Å². The van der Waals surface area contributed by atoms with Crippen molar-refractivity contribution in [2.45, 2.75) is 32.6 Å². The highest BCUT2D eigenvalue weighted by Crippen LogP contribution is 2.26. The zero-order valence-electron chi connectivity index (χ0n) is 17.3. The molecule has 0 unspecified atom stereocenters. The van der Waals surface area contributed by atoms with Crippen LogP contribution in [0, 0.1) is 5.82 Å². The number of benzene rings is 1. The maximum absolute atomic E-state index is 14.7. The zero-order valence-corrected chi connectivity index (χ0v) is 17.3. The molecule has 9 nitrogen and oxygen atoms in total. The van der Waals surface area contributed by atoms with Crippen molar-refractivity contribution < 1.29 is 13.9 Å². The van der Waals surface area contributed by atoms with Crippen molar-refractivity contribution in [3.8, 4) is 5.82 Å². The quantitative estimate of drug-likeness (QED) is 0.653. The predicted octanol–water partition coefficient (Wildman–Crippen LogP) is 2.74. The summed E-state index contributed by atoms with van der Waals surface area (Å²) in [6.07, 6.45) is 4.70. The number of morpholine rings is 1. The number of hydrogen-bond donors (Lipinski definition) is 2. The summed E-state index contributed by atoms with van der Waals surface area (Å²) in [6, 6.07) is 7.89. The van der Waals surface area contributed by atoms with E-state index in [1.165, 1.54) is 12.4 Å². The summed E-state index contributed by atoms with van der Waals surface area (Å²) >= 11 is 0. The van der Waals surface area contributed by atoms with E-state index in [1.807, 2.05) is 24.8 Å². The monoisotopic (exact) mass is 425 g/mol. The van der Waals surface area contributed by atoms with Crippen LogP contribution in [-0.4, -0.2) is 51.1 Å². The maximum atomic E-state index is 14.7. The van der Waals surface area contributed by atoms with Gasteiger partial charge in [-0.15, -0.1) is 0 Å². The van der Waals surface area contributed by atoms with Crippen LogP contribution >= 0.6 is 0 Å². The lowest BCUT2D eigenvalue weighted by atomic mass is 10.2. The number of ether oxygens (including phenoxy) is 1. The Bertz CT molecular complexity index is 1020. The molecule has 2 amide bonds. The molecule has 162 valence electrons. The van der Waals surface area contributed by atoms with Crippen molar-refractivity contribution >= 4 is 17.4 Å². The van der Waals surface area contributed by atoms with Crippen LogP contribution in [0.1, 0.15) is 19.4 Å². The lowest BCUT2D eigenvalue weighted by Crippen LogP contribution is -2.45. The molecule has 1 fully saturated rings. The van der Waals surface area contributed by atoms with Crippen LogP contribution in [-0.2, 0) is 11.3 Å². The highest BCUT2D eigenvalue weighted by molar-refractivity contribution is 5.89. The number of hydrogen-bond acceptors (Lipinski definition) is 6. The van der Waals surface area contributed by atoms with Gasteiger partial charge in [-0.2, -0.15) is 5.10 Å². The van der Waals surface area contributed by atoms with Gasteiger partial charge in [0.25, 0.3) is 0 Å². The van der Waals surface area contributed by atoms with Gasteiger partial charge in [0.2, 0.25) is 0 Å². The van der Waals surface area contributed by atoms with Gasteiger partial charge in [-0.3, -0.25) is 0 Å². The Labute approximate surface area is 179 Å². The SMILES string of the molecule is C[C@@H]1CN(c2ccc(NC(=O)NCc3ccc(-n4cncn4)nc3)cc2F)C[C@@H](C)O1. The van der Waals surface area contributed by atoms with Crippen LogP contribution in [0.5, 0.6) is 0 Å². The number of anilines is 2. The number of carbonyl (C=O) groups excluding carboxylic acids is 1. The summed E-state index contributed by atoms with van der Waals surface area (Å²) in [6.45, 7) is 5.47. The predicted molar refractivity (Wildman–Crippen MR) is 114 cm³/mol. The van der Waals surface area contributed by atoms with E-state index in [1.54, 1.807) is 35.4 Å². The first-order valence-electron chi connectivity index (χ1n) is 10.0. The molecular weight excluding hydrogens is 401 g/mol. The number of carbonyl (C=O) groups is 1. The van der Waals surface area contributed by atoms with Crippen LogP contribution in [0.25, 0.3) is 5.82 Å². The van der Waals surface area contributed by atoms with Gasteiger partial charge < -0.3 is 20.3 Å². The molecule has 2 aromatic heterocycles. The molecule has 1 saturated heterocycles. The van der Waals surface area contributed by atoms with Gasteiger partial charge in [-0.1, -0.05) is 6.07 Å². The number of amides is 2.